The third kappa shape index (κ3) is 27.9. The van der Waals surface area contributed by atoms with Gasteiger partial charge in [0.1, 0.15) is 0 Å². The second-order valence-corrected chi connectivity index (χ2v) is 80.2. The molecule has 0 spiro atoms. The van der Waals surface area contributed by atoms with Gasteiger partial charge in [-0.05, 0) is 194 Å². The van der Waals surface area contributed by atoms with Crippen LogP contribution in [-0.2, 0) is 32.9 Å². The molecule has 0 aromatic rings. The van der Waals surface area contributed by atoms with Crippen molar-refractivity contribution in [1.82, 2.24) is 0 Å². The summed E-state index contributed by atoms with van der Waals surface area (Å²) in [6, 6.07) is 3.79. The minimum atomic E-state index is -2.86. The van der Waals surface area contributed by atoms with Crippen molar-refractivity contribution < 1.29 is 32.9 Å². The molecule has 416 valence electrons. The number of hydrogen-bond donors (Lipinski definition) is 0. The van der Waals surface area contributed by atoms with E-state index in [2.05, 4.69) is 198 Å². The third-order valence-corrected chi connectivity index (χ3v) is 64.4. The predicted octanol–water partition coefficient (Wildman–Crippen LogP) is 5.17. The molecule has 2 atom stereocenters. The molecule has 0 bridgehead atoms. The first kappa shape index (κ1) is 85.6. The molecule has 0 aliphatic heterocycles. The Morgan fingerprint density at radius 1 is 0.388 bits per heavy atom. The van der Waals surface area contributed by atoms with Crippen molar-refractivity contribution in [3.05, 3.63) is 24.6 Å². The van der Waals surface area contributed by atoms with Crippen molar-refractivity contribution in [3.63, 3.8) is 0 Å². The second-order valence-electron chi connectivity index (χ2n) is 28.3. The van der Waals surface area contributed by atoms with E-state index >= 15 is 0 Å². The Hall–Kier alpha value is 3.50. The minimum Gasteiger partial charge on any atom is -0.457 e. The summed E-state index contributed by atoms with van der Waals surface area (Å²) in [6.07, 6.45) is 0. The van der Waals surface area contributed by atoms with Crippen LogP contribution in [0.25, 0.3) is 0 Å². The number of hydrogen-bond acceptors (Lipinski definition) is 8. The van der Waals surface area contributed by atoms with Gasteiger partial charge in [0, 0.05) is 130 Å². The quantitative estimate of drug-likeness (QED) is 0.0781. The normalized spacial score (nSPS) is 15.1. The summed E-state index contributed by atoms with van der Waals surface area (Å²) >= 11 is 0. The maximum Gasteiger partial charge on any atom is 0.313 e. The Kier molecular flexibility index (Phi) is 37.2. The van der Waals surface area contributed by atoms with Gasteiger partial charge < -0.3 is 32.9 Å². The highest BCUT2D eigenvalue weighted by molar-refractivity contribution is 7.66. The van der Waals surface area contributed by atoms with Crippen LogP contribution < -0.4 is 0 Å². The molecule has 0 rings (SSSR count). The van der Waals surface area contributed by atoms with E-state index in [0.717, 1.165) is 36.1 Å². The summed E-state index contributed by atoms with van der Waals surface area (Å²) < 4.78 is 52.0. The maximum atomic E-state index is 7.30. The van der Waals surface area contributed by atoms with Gasteiger partial charge in [-0.15, -0.1) is 22.6 Å². The maximum absolute atomic E-state index is 7.30. The van der Waals surface area contributed by atoms with Gasteiger partial charge in [-0.1, -0.05) is 23.3 Å². The molecular formula is C38H100B20O8Si14. The Balaban J connectivity index is 0. The van der Waals surface area contributed by atoms with Gasteiger partial charge in [-0.25, -0.2) is 0 Å². The lowest BCUT2D eigenvalue weighted by Gasteiger charge is -2.58. The average molecular weight is 1290 g/mol. The largest absolute Gasteiger partial charge is 0.457 e. The van der Waals surface area contributed by atoms with Crippen molar-refractivity contribution >= 4 is 265 Å². The fourth-order valence-corrected chi connectivity index (χ4v) is 72.5. The van der Waals surface area contributed by atoms with E-state index in [4.69, 9.17) is 110 Å². The summed E-state index contributed by atoms with van der Waals surface area (Å²) in [5, 5.41) is 0. The van der Waals surface area contributed by atoms with Crippen LogP contribution in [-0.4, -0.2) is 265 Å². The smallest absolute Gasteiger partial charge is 0.313 e. The van der Waals surface area contributed by atoms with Crippen molar-refractivity contribution in [2.75, 3.05) is 0 Å². The van der Waals surface area contributed by atoms with E-state index in [9.17, 15) is 0 Å². The van der Waals surface area contributed by atoms with Crippen molar-refractivity contribution in [2.24, 2.45) is 0 Å². The molecule has 0 aromatic carbocycles. The molecule has 0 aliphatic rings. The first-order valence-electron chi connectivity index (χ1n) is 29.2. The van der Waals surface area contributed by atoms with Crippen LogP contribution in [0.4, 0.5) is 0 Å². The van der Waals surface area contributed by atoms with Crippen LogP contribution in [0.15, 0.2) is 24.6 Å². The molecule has 0 aliphatic carbocycles. The molecule has 0 amide bonds. The molecule has 0 fully saturated rings. The lowest BCUT2D eigenvalue weighted by Crippen LogP contribution is -2.74. The van der Waals surface area contributed by atoms with Crippen LogP contribution >= 0.6 is 0 Å². The molecular weight excluding hydrogens is 1190 g/mol. The topological polar surface area (TPSA) is 73.8 Å². The Morgan fingerprint density at radius 2 is 0.650 bits per heavy atom. The zero-order chi connectivity index (χ0) is 63.9. The fourth-order valence-electron chi connectivity index (χ4n) is 11.9. The Morgan fingerprint density at radius 3 is 0.912 bits per heavy atom. The number of rotatable bonds is 40. The SMILES string of the molecule is [B][B]B([B])C(B([B])[B])(B([B])[B]C[Si](C)(C)O[Si](C)(C)C=C)[Si](C)(C)O[Si](C)(C)C=C.[B][B]B([B])C(B([B])[B])(B([B])[B]C[Si](C)(C)O[Si](C)(C)CC[Si](C)(O[SiH](C)C)O[SiH](C)C)[Si](C)(C)O[Si](C)(C)CC[Si](C)(O[SiH](C)C)O[SiH](C)C. The van der Waals surface area contributed by atoms with E-state index in [-0.39, 0.29) is 0 Å². The molecule has 0 saturated heterocycles. The highest BCUT2D eigenvalue weighted by atomic mass is 28.5. The lowest BCUT2D eigenvalue weighted by atomic mass is 8.79. The van der Waals surface area contributed by atoms with Crippen LogP contribution in [0, 0.1) is 0 Å². The summed E-state index contributed by atoms with van der Waals surface area (Å²) in [6.45, 7) is 61.2. The van der Waals surface area contributed by atoms with Crippen molar-refractivity contribution in [3.8, 4) is 0 Å². The van der Waals surface area contributed by atoms with Gasteiger partial charge in [0.25, 0.3) is 0 Å². The molecule has 42 heteroatoms. The van der Waals surface area contributed by atoms with Gasteiger partial charge in [-0.2, -0.15) is 0 Å². The lowest BCUT2D eigenvalue weighted by molar-refractivity contribution is 0.402. The van der Waals surface area contributed by atoms with E-state index in [0.29, 0.717) is 0 Å². The van der Waals surface area contributed by atoms with Gasteiger partial charge in [0.2, 0.25) is 0 Å². The highest BCUT2D eigenvalue weighted by Gasteiger charge is 2.59. The van der Waals surface area contributed by atoms with Crippen LogP contribution in [0.2, 0.25) is 216 Å². The van der Waals surface area contributed by atoms with Gasteiger partial charge >= 0.3 is 17.1 Å². The van der Waals surface area contributed by atoms with Gasteiger partial charge in [-0.3, -0.25) is 0 Å². The summed E-state index contributed by atoms with van der Waals surface area (Å²) in [5.41, 5.74) is 3.85. The first-order valence-corrected chi connectivity index (χ1v) is 69.7. The van der Waals surface area contributed by atoms with Gasteiger partial charge in [0.15, 0.2) is 103 Å². The monoisotopic (exact) mass is 1300 g/mol. The fraction of sp³-hybridized carbons (Fsp3) is 0.895. The Labute approximate surface area is 533 Å². The standard InChI is InChI=1S/C24H68B10O6Si10.C14H32B10O2Si4/c1-41(2)35-49(17,36-42(3)4)21-19-45(9,10)39-47(13,14)23-30-33(28)24(32(26)27,34(29)31-25)48(15,16)40-46(11,12)20-22-50(18,37-43(5)6)38-44(7)8;1-11-27(3,4)25-29(7,8)13-20-23(18)14(22(16)17,24(19)21-15)30(9,10)26-28(5,6)12-2/h41-44H,19-23H2,1-18H3;11-12H,1-2,13H2,3-10H3. The van der Waals surface area contributed by atoms with Crippen molar-refractivity contribution in [1.29, 1.82) is 0 Å². The molecule has 0 saturated carbocycles. The molecule has 24 radical (unpaired) electrons. The zero-order valence-electron chi connectivity index (χ0n) is 55.9. The third-order valence-electron chi connectivity index (χ3n) is 15.0. The Bertz CT molecular complexity index is 1830. The van der Waals surface area contributed by atoms with Gasteiger partial charge in [0.05, 0.1) is 14.3 Å². The van der Waals surface area contributed by atoms with E-state index in [1.165, 1.54) is 14.1 Å². The van der Waals surface area contributed by atoms with E-state index in [1.807, 2.05) is 11.4 Å². The molecule has 2 unspecified atom stereocenters. The van der Waals surface area contributed by atoms with Crippen LogP contribution in [0.1, 0.15) is 0 Å². The van der Waals surface area contributed by atoms with E-state index in [1.54, 1.807) is 0 Å². The summed E-state index contributed by atoms with van der Waals surface area (Å²) in [4.78, 5) is 0. The minimum absolute atomic E-state index is 0.507. The molecule has 0 heterocycles. The molecule has 0 aromatic heterocycles. The predicted molar refractivity (Wildman–Crippen MR) is 417 cm³/mol. The average Bonchev–Trinajstić information content (AvgIpc) is 3.24. The summed E-state index contributed by atoms with van der Waals surface area (Å²) in [7, 11) is 45.3. The molecule has 8 nitrogen and oxygen atoms in total. The van der Waals surface area contributed by atoms with E-state index < -0.39 is 168 Å². The second kappa shape index (κ2) is 34.8. The van der Waals surface area contributed by atoms with Crippen LogP contribution in [0.5, 0.6) is 0 Å². The van der Waals surface area contributed by atoms with Crippen LogP contribution in [0.3, 0.4) is 0 Å². The zero-order valence-corrected chi connectivity index (χ0v) is 70.6. The first-order chi connectivity index (χ1) is 35.6. The van der Waals surface area contributed by atoms with Crippen molar-refractivity contribution in [2.45, 2.75) is 216 Å². The molecule has 80 heavy (non-hydrogen) atoms. The summed E-state index contributed by atoms with van der Waals surface area (Å²) in [5.74, 6) is 1.47. The molecule has 0 N–H and O–H groups in total. The highest BCUT2D eigenvalue weighted by Crippen LogP contribution is 2.47.